The second-order valence-electron chi connectivity index (χ2n) is 8.87. The number of hydrogen-bond donors (Lipinski definition) is 2. The molecular weight excluding hydrogens is 442 g/mol. The number of nitrogens with two attached hydrogens (primary N) is 1. The molecule has 0 saturated carbocycles. The smallest absolute Gasteiger partial charge is 0.306 e. The number of anilines is 1. The van der Waals surface area contributed by atoms with Crippen molar-refractivity contribution in [2.45, 2.75) is 39.5 Å². The largest absolute Gasteiger partial charge is 0.481 e. The number of methoxy groups -OCH3 is 1. The SMILES string of the molecule is CCC(Cc1ccc2c(c1)nc(N)c1ncc(CCc3ccc(OCOC)cc3C)cc12)C(=O)O. The molecule has 0 bridgehead atoms. The van der Waals surface area contributed by atoms with Crippen LogP contribution in [0.2, 0.25) is 0 Å². The van der Waals surface area contributed by atoms with Crippen molar-refractivity contribution in [3.8, 4) is 5.75 Å². The average Bonchev–Trinajstić information content (AvgIpc) is 2.85. The van der Waals surface area contributed by atoms with Crippen LogP contribution in [0.4, 0.5) is 5.82 Å². The number of hydrogen-bond acceptors (Lipinski definition) is 6. The summed E-state index contributed by atoms with van der Waals surface area (Å²) in [5.74, 6) is -0.0192. The maximum absolute atomic E-state index is 11.5. The Labute approximate surface area is 204 Å². The zero-order valence-corrected chi connectivity index (χ0v) is 20.4. The minimum absolute atomic E-state index is 0.230. The topological polar surface area (TPSA) is 108 Å². The number of fused-ring (bicyclic) bond motifs is 3. The van der Waals surface area contributed by atoms with Crippen LogP contribution in [-0.2, 0) is 28.8 Å². The van der Waals surface area contributed by atoms with E-state index in [1.54, 1.807) is 7.11 Å². The lowest BCUT2D eigenvalue weighted by Gasteiger charge is -2.12. The third kappa shape index (κ3) is 5.52. The predicted molar refractivity (Wildman–Crippen MR) is 138 cm³/mol. The lowest BCUT2D eigenvalue weighted by atomic mass is 9.95. The summed E-state index contributed by atoms with van der Waals surface area (Å²) in [6, 6.07) is 14.1. The van der Waals surface area contributed by atoms with E-state index in [0.717, 1.165) is 46.0 Å². The van der Waals surface area contributed by atoms with Gasteiger partial charge in [0.2, 0.25) is 0 Å². The van der Waals surface area contributed by atoms with E-state index in [1.807, 2.05) is 43.5 Å². The van der Waals surface area contributed by atoms with Gasteiger partial charge >= 0.3 is 5.97 Å². The van der Waals surface area contributed by atoms with Gasteiger partial charge < -0.3 is 20.3 Å². The Bertz CT molecular complexity index is 1370. The Kier molecular flexibility index (Phi) is 7.46. The number of benzene rings is 2. The molecule has 2 aromatic heterocycles. The standard InChI is InChI=1S/C28H31N3O4/c1-4-20(28(32)33)12-18-6-10-23-24-13-19(15-30-26(24)27(29)31-25(23)14-18)5-7-21-8-9-22(11-17(21)2)35-16-34-3/h6,8-11,13-15,20H,4-5,7,12,16H2,1-3H3,(H2,29,31)(H,32,33). The molecule has 0 radical (unpaired) electrons. The van der Waals surface area contributed by atoms with Gasteiger partial charge in [-0.3, -0.25) is 9.78 Å². The number of carboxylic acid groups (broad SMARTS) is 1. The quantitative estimate of drug-likeness (QED) is 0.244. The molecule has 0 fully saturated rings. The molecule has 0 aliphatic heterocycles. The maximum Gasteiger partial charge on any atom is 0.306 e. The second-order valence-corrected chi connectivity index (χ2v) is 8.87. The molecule has 4 aromatic rings. The number of aryl methyl sites for hydroxylation is 3. The third-order valence-electron chi connectivity index (χ3n) is 6.44. The van der Waals surface area contributed by atoms with E-state index in [4.69, 9.17) is 15.2 Å². The van der Waals surface area contributed by atoms with Gasteiger partial charge in [0, 0.05) is 24.1 Å². The lowest BCUT2D eigenvalue weighted by Crippen LogP contribution is -2.15. The summed E-state index contributed by atoms with van der Waals surface area (Å²) in [5, 5.41) is 11.3. The number of carbonyl (C=O) groups is 1. The van der Waals surface area contributed by atoms with Gasteiger partial charge in [0.1, 0.15) is 11.3 Å². The number of nitrogen functional groups attached to an aromatic ring is 1. The highest BCUT2D eigenvalue weighted by molar-refractivity contribution is 6.08. The fraction of sp³-hybridized carbons (Fsp3) is 0.321. The zero-order valence-electron chi connectivity index (χ0n) is 20.4. The number of nitrogens with zero attached hydrogens (tertiary/aromatic N) is 2. The average molecular weight is 474 g/mol. The van der Waals surface area contributed by atoms with Crippen molar-refractivity contribution in [2.75, 3.05) is 19.6 Å². The summed E-state index contributed by atoms with van der Waals surface area (Å²) in [6.07, 6.45) is 4.62. The molecule has 182 valence electrons. The number of ether oxygens (including phenoxy) is 2. The molecule has 2 heterocycles. The summed E-state index contributed by atoms with van der Waals surface area (Å²) in [6.45, 7) is 4.20. The van der Waals surface area contributed by atoms with Crippen LogP contribution >= 0.6 is 0 Å². The summed E-state index contributed by atoms with van der Waals surface area (Å²) >= 11 is 0. The number of aromatic nitrogens is 2. The van der Waals surface area contributed by atoms with E-state index in [1.165, 1.54) is 11.1 Å². The normalized spacial score (nSPS) is 12.2. The van der Waals surface area contributed by atoms with E-state index in [2.05, 4.69) is 29.0 Å². The van der Waals surface area contributed by atoms with Crippen LogP contribution < -0.4 is 10.5 Å². The molecule has 3 N–H and O–H groups in total. The van der Waals surface area contributed by atoms with Crippen molar-refractivity contribution in [1.29, 1.82) is 0 Å². The van der Waals surface area contributed by atoms with Gasteiger partial charge in [0.05, 0.1) is 11.4 Å². The van der Waals surface area contributed by atoms with Gasteiger partial charge in [0.15, 0.2) is 12.6 Å². The highest BCUT2D eigenvalue weighted by Gasteiger charge is 2.17. The first-order valence-electron chi connectivity index (χ1n) is 11.8. The van der Waals surface area contributed by atoms with Crippen LogP contribution in [-0.4, -0.2) is 34.9 Å². The number of aliphatic carboxylic acids is 1. The van der Waals surface area contributed by atoms with Gasteiger partial charge in [-0.2, -0.15) is 0 Å². The number of carboxylic acids is 1. The van der Waals surface area contributed by atoms with Crippen LogP contribution in [0.3, 0.4) is 0 Å². The van der Waals surface area contributed by atoms with E-state index in [-0.39, 0.29) is 6.79 Å². The molecular formula is C28H31N3O4. The third-order valence-corrected chi connectivity index (χ3v) is 6.44. The van der Waals surface area contributed by atoms with Gasteiger partial charge in [0.25, 0.3) is 0 Å². The van der Waals surface area contributed by atoms with E-state index >= 15 is 0 Å². The molecule has 0 aliphatic rings. The van der Waals surface area contributed by atoms with Crippen molar-refractivity contribution in [3.05, 3.63) is 70.9 Å². The van der Waals surface area contributed by atoms with Gasteiger partial charge in [-0.05, 0) is 79.1 Å². The highest BCUT2D eigenvalue weighted by Crippen LogP contribution is 2.29. The van der Waals surface area contributed by atoms with Crippen LogP contribution in [0.1, 0.15) is 35.6 Å². The van der Waals surface area contributed by atoms with Gasteiger partial charge in [-0.15, -0.1) is 0 Å². The Hall–Kier alpha value is -3.71. The first-order chi connectivity index (χ1) is 16.9. The van der Waals surface area contributed by atoms with Crippen LogP contribution in [0.5, 0.6) is 5.75 Å². The monoisotopic (exact) mass is 473 g/mol. The van der Waals surface area contributed by atoms with Crippen LogP contribution in [0.15, 0.2) is 48.7 Å². The molecule has 0 aliphatic carbocycles. The van der Waals surface area contributed by atoms with Crippen molar-refractivity contribution in [1.82, 2.24) is 9.97 Å². The van der Waals surface area contributed by atoms with Crippen molar-refractivity contribution in [3.63, 3.8) is 0 Å². The molecule has 1 unspecified atom stereocenters. The van der Waals surface area contributed by atoms with Crippen LogP contribution in [0, 0.1) is 12.8 Å². The van der Waals surface area contributed by atoms with E-state index in [0.29, 0.717) is 24.2 Å². The first-order valence-corrected chi connectivity index (χ1v) is 11.8. The first kappa shape index (κ1) is 24.4. The van der Waals surface area contributed by atoms with E-state index < -0.39 is 11.9 Å². The molecule has 2 aromatic carbocycles. The number of rotatable bonds is 10. The minimum atomic E-state index is -0.778. The van der Waals surface area contributed by atoms with Crippen LogP contribution in [0.25, 0.3) is 21.8 Å². The Morgan fingerprint density at radius 3 is 2.63 bits per heavy atom. The Balaban J connectivity index is 1.60. The molecule has 7 heteroatoms. The summed E-state index contributed by atoms with van der Waals surface area (Å²) < 4.78 is 10.5. The molecule has 35 heavy (non-hydrogen) atoms. The molecule has 4 rings (SSSR count). The lowest BCUT2D eigenvalue weighted by molar-refractivity contribution is -0.141. The van der Waals surface area contributed by atoms with Crippen molar-refractivity contribution >= 4 is 33.6 Å². The molecule has 7 nitrogen and oxygen atoms in total. The summed E-state index contributed by atoms with van der Waals surface area (Å²) in [4.78, 5) is 20.6. The molecule has 0 saturated heterocycles. The molecule has 1 atom stereocenters. The number of pyridine rings is 2. The Morgan fingerprint density at radius 1 is 1.09 bits per heavy atom. The van der Waals surface area contributed by atoms with Crippen molar-refractivity contribution in [2.24, 2.45) is 5.92 Å². The zero-order chi connectivity index (χ0) is 24.9. The molecule has 0 amide bonds. The minimum Gasteiger partial charge on any atom is -0.481 e. The second kappa shape index (κ2) is 10.7. The maximum atomic E-state index is 11.5. The van der Waals surface area contributed by atoms with E-state index in [9.17, 15) is 9.90 Å². The Morgan fingerprint density at radius 2 is 1.91 bits per heavy atom. The predicted octanol–water partition coefficient (Wildman–Crippen LogP) is 5.09. The fourth-order valence-electron chi connectivity index (χ4n) is 4.40. The highest BCUT2D eigenvalue weighted by atomic mass is 16.7. The van der Waals surface area contributed by atoms with Gasteiger partial charge in [-0.1, -0.05) is 25.1 Å². The van der Waals surface area contributed by atoms with Crippen molar-refractivity contribution < 1.29 is 19.4 Å². The van der Waals surface area contributed by atoms with Gasteiger partial charge in [-0.25, -0.2) is 4.98 Å². The molecule has 0 spiro atoms. The fourth-order valence-corrected chi connectivity index (χ4v) is 4.40. The summed E-state index contributed by atoms with van der Waals surface area (Å²) in [5.41, 5.74) is 12.2. The summed E-state index contributed by atoms with van der Waals surface area (Å²) in [7, 11) is 1.60.